The topological polar surface area (TPSA) is 70.2 Å². The van der Waals surface area contributed by atoms with Crippen LogP contribution in [0.2, 0.25) is 0 Å². The highest BCUT2D eigenvalue weighted by Crippen LogP contribution is 2.21. The van der Waals surface area contributed by atoms with Crippen molar-refractivity contribution in [3.63, 3.8) is 0 Å². The molecule has 0 aliphatic rings. The first-order chi connectivity index (χ1) is 12.5. The Hall–Kier alpha value is -2.82. The van der Waals surface area contributed by atoms with Gasteiger partial charge >= 0.3 is 0 Å². The van der Waals surface area contributed by atoms with Gasteiger partial charge in [0.15, 0.2) is 0 Å². The van der Waals surface area contributed by atoms with Gasteiger partial charge in [-0.25, -0.2) is 0 Å². The number of nitrogens with one attached hydrogen (secondary N) is 3. The molecular formula is C21H27N3O2. The summed E-state index contributed by atoms with van der Waals surface area (Å²) < 4.78 is 0. The van der Waals surface area contributed by atoms with E-state index in [9.17, 15) is 9.59 Å². The SMILES string of the molecule is CCCC(=O)Nc1cccc(NC(=O)CNc2c(C)cccc2CC)c1. The van der Waals surface area contributed by atoms with Crippen LogP contribution in [-0.2, 0) is 16.0 Å². The molecule has 2 amide bonds. The third kappa shape index (κ3) is 5.62. The van der Waals surface area contributed by atoms with E-state index in [2.05, 4.69) is 28.9 Å². The van der Waals surface area contributed by atoms with Crippen molar-refractivity contribution in [3.8, 4) is 0 Å². The highest BCUT2D eigenvalue weighted by atomic mass is 16.2. The summed E-state index contributed by atoms with van der Waals surface area (Å²) in [6.07, 6.45) is 2.19. The lowest BCUT2D eigenvalue weighted by Gasteiger charge is -2.14. The van der Waals surface area contributed by atoms with Crippen molar-refractivity contribution in [2.45, 2.75) is 40.0 Å². The van der Waals surface area contributed by atoms with E-state index in [1.165, 1.54) is 5.56 Å². The summed E-state index contributed by atoms with van der Waals surface area (Å²) in [4.78, 5) is 24.0. The Morgan fingerprint density at radius 1 is 0.923 bits per heavy atom. The van der Waals surface area contributed by atoms with Gasteiger partial charge < -0.3 is 16.0 Å². The largest absolute Gasteiger partial charge is 0.376 e. The zero-order valence-electron chi connectivity index (χ0n) is 15.7. The fourth-order valence-electron chi connectivity index (χ4n) is 2.78. The lowest BCUT2D eigenvalue weighted by molar-refractivity contribution is -0.116. The van der Waals surface area contributed by atoms with E-state index in [0.717, 1.165) is 24.1 Å². The number of anilines is 3. The smallest absolute Gasteiger partial charge is 0.243 e. The second kappa shape index (κ2) is 9.61. The van der Waals surface area contributed by atoms with Gasteiger partial charge in [0.25, 0.3) is 0 Å². The van der Waals surface area contributed by atoms with Gasteiger partial charge in [0, 0.05) is 23.5 Å². The number of carbonyl (C=O) groups excluding carboxylic acids is 2. The Bertz CT molecular complexity index is 772. The number of hydrogen-bond donors (Lipinski definition) is 3. The minimum absolute atomic E-state index is 0.0238. The van der Waals surface area contributed by atoms with Crippen molar-refractivity contribution in [1.29, 1.82) is 0 Å². The van der Waals surface area contributed by atoms with Crippen molar-refractivity contribution in [2.75, 3.05) is 22.5 Å². The average molecular weight is 353 g/mol. The van der Waals surface area contributed by atoms with Crippen LogP contribution in [0.15, 0.2) is 42.5 Å². The predicted octanol–water partition coefficient (Wildman–Crippen LogP) is 4.35. The van der Waals surface area contributed by atoms with Crippen LogP contribution in [0.3, 0.4) is 0 Å². The van der Waals surface area contributed by atoms with Gasteiger partial charge in [-0.2, -0.15) is 0 Å². The Morgan fingerprint density at radius 3 is 2.23 bits per heavy atom. The van der Waals surface area contributed by atoms with E-state index in [-0.39, 0.29) is 18.4 Å². The third-order valence-electron chi connectivity index (χ3n) is 4.07. The van der Waals surface area contributed by atoms with Crippen molar-refractivity contribution in [2.24, 2.45) is 0 Å². The number of carbonyl (C=O) groups is 2. The first kappa shape index (κ1) is 19.5. The van der Waals surface area contributed by atoms with E-state index in [1.54, 1.807) is 18.2 Å². The van der Waals surface area contributed by atoms with Crippen LogP contribution in [0, 0.1) is 6.92 Å². The molecule has 2 aromatic carbocycles. The van der Waals surface area contributed by atoms with Crippen LogP contribution in [-0.4, -0.2) is 18.4 Å². The van der Waals surface area contributed by atoms with E-state index in [4.69, 9.17) is 0 Å². The molecule has 5 heteroatoms. The molecule has 0 unspecified atom stereocenters. The quantitative estimate of drug-likeness (QED) is 0.661. The number of rotatable bonds is 8. The molecule has 0 heterocycles. The Morgan fingerprint density at radius 2 is 1.58 bits per heavy atom. The number of amides is 2. The summed E-state index contributed by atoms with van der Waals surface area (Å²) in [6.45, 7) is 6.27. The van der Waals surface area contributed by atoms with Crippen molar-refractivity contribution >= 4 is 28.9 Å². The molecule has 0 spiro atoms. The first-order valence-electron chi connectivity index (χ1n) is 9.05. The normalized spacial score (nSPS) is 10.3. The van der Waals surface area contributed by atoms with Gasteiger partial charge in [0.05, 0.1) is 6.54 Å². The van der Waals surface area contributed by atoms with Crippen LogP contribution in [0.5, 0.6) is 0 Å². The lowest BCUT2D eigenvalue weighted by Crippen LogP contribution is -2.22. The van der Waals surface area contributed by atoms with Gasteiger partial charge in [0.2, 0.25) is 11.8 Å². The number of hydrogen-bond acceptors (Lipinski definition) is 3. The highest BCUT2D eigenvalue weighted by molar-refractivity contribution is 5.95. The third-order valence-corrected chi connectivity index (χ3v) is 4.07. The molecule has 5 nitrogen and oxygen atoms in total. The second-order valence-corrected chi connectivity index (χ2v) is 6.24. The molecule has 0 aliphatic carbocycles. The van der Waals surface area contributed by atoms with E-state index < -0.39 is 0 Å². The molecule has 0 aliphatic heterocycles. The minimum atomic E-state index is -0.132. The number of benzene rings is 2. The van der Waals surface area contributed by atoms with Gasteiger partial charge in [-0.15, -0.1) is 0 Å². The maximum absolute atomic E-state index is 12.3. The van der Waals surface area contributed by atoms with Crippen LogP contribution < -0.4 is 16.0 Å². The molecule has 3 N–H and O–H groups in total. The zero-order valence-corrected chi connectivity index (χ0v) is 15.7. The first-order valence-corrected chi connectivity index (χ1v) is 9.05. The summed E-state index contributed by atoms with van der Waals surface area (Å²) in [5.74, 6) is -0.156. The summed E-state index contributed by atoms with van der Waals surface area (Å²) >= 11 is 0. The Kier molecular flexibility index (Phi) is 7.21. The average Bonchev–Trinajstić information content (AvgIpc) is 2.61. The zero-order chi connectivity index (χ0) is 18.9. The Labute approximate surface area is 155 Å². The molecule has 0 bridgehead atoms. The van der Waals surface area contributed by atoms with Crippen molar-refractivity contribution in [1.82, 2.24) is 0 Å². The second-order valence-electron chi connectivity index (χ2n) is 6.24. The molecule has 138 valence electrons. The van der Waals surface area contributed by atoms with Crippen LogP contribution >= 0.6 is 0 Å². The van der Waals surface area contributed by atoms with E-state index in [0.29, 0.717) is 17.8 Å². The molecule has 2 aromatic rings. The lowest BCUT2D eigenvalue weighted by atomic mass is 10.1. The maximum atomic E-state index is 12.3. The molecule has 0 aromatic heterocycles. The Balaban J connectivity index is 1.95. The molecule has 0 fully saturated rings. The van der Waals surface area contributed by atoms with Crippen LogP contribution in [0.25, 0.3) is 0 Å². The van der Waals surface area contributed by atoms with Crippen LogP contribution in [0.4, 0.5) is 17.1 Å². The molecule has 2 rings (SSSR count). The fourth-order valence-corrected chi connectivity index (χ4v) is 2.78. The van der Waals surface area contributed by atoms with E-state index >= 15 is 0 Å². The van der Waals surface area contributed by atoms with E-state index in [1.807, 2.05) is 32.0 Å². The minimum Gasteiger partial charge on any atom is -0.376 e. The van der Waals surface area contributed by atoms with Gasteiger partial charge in [-0.1, -0.05) is 38.1 Å². The predicted molar refractivity (Wildman–Crippen MR) is 108 cm³/mol. The summed E-state index contributed by atoms with van der Waals surface area (Å²) in [7, 11) is 0. The van der Waals surface area contributed by atoms with Crippen LogP contribution in [0.1, 0.15) is 37.8 Å². The van der Waals surface area contributed by atoms with Gasteiger partial charge in [-0.05, 0) is 49.1 Å². The fraction of sp³-hybridized carbons (Fsp3) is 0.333. The molecule has 0 saturated carbocycles. The number of para-hydroxylation sites is 1. The van der Waals surface area contributed by atoms with Crippen molar-refractivity contribution < 1.29 is 9.59 Å². The highest BCUT2D eigenvalue weighted by Gasteiger charge is 2.08. The summed E-state index contributed by atoms with van der Waals surface area (Å²) in [5, 5.41) is 8.93. The molecular weight excluding hydrogens is 326 g/mol. The van der Waals surface area contributed by atoms with Gasteiger partial charge in [0.1, 0.15) is 0 Å². The summed E-state index contributed by atoms with van der Waals surface area (Å²) in [5.41, 5.74) is 4.68. The molecule has 0 atom stereocenters. The number of aryl methyl sites for hydroxylation is 2. The monoisotopic (exact) mass is 353 g/mol. The molecule has 0 radical (unpaired) electrons. The standard InChI is InChI=1S/C21H27N3O2/c1-4-8-19(25)23-17-11-7-12-18(13-17)24-20(26)14-22-21-15(3)9-6-10-16(21)5-2/h6-7,9-13,22H,4-5,8,14H2,1-3H3,(H,23,25)(H,24,26). The summed E-state index contributed by atoms with van der Waals surface area (Å²) in [6, 6.07) is 13.3. The molecule has 0 saturated heterocycles. The maximum Gasteiger partial charge on any atom is 0.243 e. The van der Waals surface area contributed by atoms with Gasteiger partial charge in [-0.3, -0.25) is 9.59 Å². The van der Waals surface area contributed by atoms with Crippen molar-refractivity contribution in [3.05, 3.63) is 53.6 Å². The molecule has 26 heavy (non-hydrogen) atoms.